The minimum Gasteiger partial charge on any atom is -0.493 e. The molecule has 4 heteroatoms. The molecule has 110 valence electrons. The van der Waals surface area contributed by atoms with Crippen LogP contribution in [-0.2, 0) is 0 Å². The maximum atomic E-state index is 6.01. The van der Waals surface area contributed by atoms with E-state index in [1.165, 1.54) is 32.1 Å². The summed E-state index contributed by atoms with van der Waals surface area (Å²) in [6.07, 6.45) is 7.81. The molecule has 0 radical (unpaired) electrons. The Morgan fingerprint density at radius 2 is 2.10 bits per heavy atom. The Balaban J connectivity index is 1.58. The van der Waals surface area contributed by atoms with Crippen molar-refractivity contribution in [3.05, 3.63) is 28.2 Å². The van der Waals surface area contributed by atoms with Crippen LogP contribution < -0.4 is 4.74 Å². The molecule has 2 heterocycles. The Morgan fingerprint density at radius 3 is 2.90 bits per heavy atom. The van der Waals surface area contributed by atoms with Gasteiger partial charge in [0.05, 0.1) is 16.7 Å². The fraction of sp³-hybridized carbons (Fsp3) is 0.625. The third kappa shape index (κ3) is 2.66. The molecular formula is C16H21Cl2NO. The van der Waals surface area contributed by atoms with Crippen molar-refractivity contribution in [3.8, 4) is 5.75 Å². The molecule has 0 aromatic heterocycles. The molecule has 2 saturated heterocycles. The first-order valence-corrected chi connectivity index (χ1v) is 8.17. The summed E-state index contributed by atoms with van der Waals surface area (Å²) in [6, 6.07) is 6.27. The summed E-state index contributed by atoms with van der Waals surface area (Å²) in [4.78, 5) is 2.61. The lowest BCUT2D eigenvalue weighted by molar-refractivity contribution is 0.0611. The van der Waals surface area contributed by atoms with Crippen LogP contribution in [0.3, 0.4) is 0 Å². The maximum absolute atomic E-state index is 6.01. The topological polar surface area (TPSA) is 12.5 Å². The maximum Gasteiger partial charge on any atom is 0.120 e. The Morgan fingerprint density at radius 1 is 1.25 bits per heavy atom. The summed E-state index contributed by atoms with van der Waals surface area (Å²) in [5.74, 6) is 0.809. The average Bonchev–Trinajstić information content (AvgIpc) is 2.63. The molecule has 2 atom stereocenters. The van der Waals surface area contributed by atoms with E-state index in [1.54, 1.807) is 12.1 Å². The number of benzene rings is 1. The minimum absolute atomic E-state index is 0.374. The first-order valence-electron chi connectivity index (χ1n) is 7.41. The lowest BCUT2D eigenvalue weighted by Gasteiger charge is -2.42. The van der Waals surface area contributed by atoms with Crippen molar-refractivity contribution in [2.75, 3.05) is 13.7 Å². The van der Waals surface area contributed by atoms with Gasteiger partial charge in [0.25, 0.3) is 0 Å². The van der Waals surface area contributed by atoms with Crippen LogP contribution in [0.1, 0.15) is 38.5 Å². The molecule has 0 amide bonds. The predicted octanol–water partition coefficient (Wildman–Crippen LogP) is 4.78. The average molecular weight is 314 g/mol. The monoisotopic (exact) mass is 313 g/mol. The van der Waals surface area contributed by atoms with E-state index in [2.05, 4.69) is 11.9 Å². The van der Waals surface area contributed by atoms with Gasteiger partial charge in [-0.1, -0.05) is 29.6 Å². The summed E-state index contributed by atoms with van der Waals surface area (Å²) in [7, 11) is 2.29. The molecule has 2 nitrogen and oxygen atoms in total. The van der Waals surface area contributed by atoms with E-state index in [-0.39, 0.29) is 0 Å². The largest absolute Gasteiger partial charge is 0.493 e. The van der Waals surface area contributed by atoms with Crippen LogP contribution in [0, 0.1) is 0 Å². The molecular weight excluding hydrogens is 293 g/mol. The number of hydrogen-bond acceptors (Lipinski definition) is 2. The quantitative estimate of drug-likeness (QED) is 0.793. The van der Waals surface area contributed by atoms with Gasteiger partial charge in [0.2, 0.25) is 0 Å². The Kier molecular flexibility index (Phi) is 4.16. The van der Waals surface area contributed by atoms with Gasteiger partial charge in [-0.15, -0.1) is 0 Å². The zero-order valence-corrected chi connectivity index (χ0v) is 13.4. The molecule has 3 rings (SSSR count). The van der Waals surface area contributed by atoms with Crippen LogP contribution in [0.2, 0.25) is 10.0 Å². The molecule has 2 bridgehead atoms. The van der Waals surface area contributed by atoms with E-state index in [9.17, 15) is 0 Å². The highest BCUT2D eigenvalue weighted by molar-refractivity contribution is 6.42. The van der Waals surface area contributed by atoms with Crippen molar-refractivity contribution in [2.24, 2.45) is 0 Å². The van der Waals surface area contributed by atoms with Crippen LogP contribution >= 0.6 is 23.2 Å². The van der Waals surface area contributed by atoms with Crippen LogP contribution in [-0.4, -0.2) is 30.1 Å². The second-order valence-electron chi connectivity index (χ2n) is 6.09. The third-order valence-corrected chi connectivity index (χ3v) is 5.88. The van der Waals surface area contributed by atoms with Gasteiger partial charge in [0, 0.05) is 17.6 Å². The first-order chi connectivity index (χ1) is 9.61. The van der Waals surface area contributed by atoms with Crippen molar-refractivity contribution in [1.29, 1.82) is 0 Å². The van der Waals surface area contributed by atoms with E-state index in [0.29, 0.717) is 15.6 Å². The number of fused-ring (bicyclic) bond motifs is 2. The normalized spacial score (nSPS) is 29.6. The molecule has 2 unspecified atom stereocenters. The number of piperidine rings is 1. The van der Waals surface area contributed by atoms with Crippen LogP contribution in [0.25, 0.3) is 0 Å². The molecule has 0 spiro atoms. The van der Waals surface area contributed by atoms with Gasteiger partial charge in [0.15, 0.2) is 0 Å². The Hall–Kier alpha value is -0.440. The second-order valence-corrected chi connectivity index (χ2v) is 6.91. The van der Waals surface area contributed by atoms with Crippen molar-refractivity contribution in [2.45, 2.75) is 50.1 Å². The van der Waals surface area contributed by atoms with Gasteiger partial charge in [-0.25, -0.2) is 0 Å². The third-order valence-electron chi connectivity index (χ3n) is 5.15. The number of rotatable bonds is 4. The summed E-state index contributed by atoms with van der Waals surface area (Å²) < 4.78 is 5.87. The molecule has 1 aromatic rings. The Labute approximate surface area is 131 Å². The number of hydrogen-bond donors (Lipinski definition) is 0. The standard InChI is InChI=1S/C16H21Cl2NO/c1-19-12-3-2-7-16(19,8-6-12)9-10-20-13-4-5-14(17)15(18)11-13/h4-5,11-12H,2-3,6-10H2,1H3. The fourth-order valence-corrected chi connectivity index (χ4v) is 4.14. The highest BCUT2D eigenvalue weighted by Gasteiger charge is 2.46. The van der Waals surface area contributed by atoms with Crippen LogP contribution in [0.4, 0.5) is 0 Å². The SMILES string of the molecule is CN1C2CCCC1(CCOc1ccc(Cl)c(Cl)c1)CC2. The summed E-state index contributed by atoms with van der Waals surface area (Å²) in [6.45, 7) is 0.745. The number of ether oxygens (including phenoxy) is 1. The molecule has 2 aliphatic rings. The molecule has 2 fully saturated rings. The van der Waals surface area contributed by atoms with Gasteiger partial charge >= 0.3 is 0 Å². The van der Waals surface area contributed by atoms with Gasteiger partial charge < -0.3 is 4.74 Å². The lowest BCUT2D eigenvalue weighted by atomic mass is 9.86. The van der Waals surface area contributed by atoms with E-state index >= 15 is 0 Å². The van der Waals surface area contributed by atoms with Crippen LogP contribution in [0.15, 0.2) is 18.2 Å². The van der Waals surface area contributed by atoms with Crippen molar-refractivity contribution in [1.82, 2.24) is 4.90 Å². The first kappa shape index (κ1) is 14.5. The lowest BCUT2D eigenvalue weighted by Crippen LogP contribution is -2.48. The summed E-state index contributed by atoms with van der Waals surface area (Å²) >= 11 is 11.9. The van der Waals surface area contributed by atoms with E-state index in [0.717, 1.165) is 24.8 Å². The zero-order valence-electron chi connectivity index (χ0n) is 11.9. The molecule has 0 N–H and O–H groups in total. The van der Waals surface area contributed by atoms with Crippen molar-refractivity contribution < 1.29 is 4.74 Å². The second kappa shape index (κ2) is 5.75. The molecule has 2 aliphatic heterocycles. The van der Waals surface area contributed by atoms with E-state index in [4.69, 9.17) is 27.9 Å². The highest BCUT2D eigenvalue weighted by Crippen LogP contribution is 2.44. The predicted molar refractivity (Wildman–Crippen MR) is 83.9 cm³/mol. The molecule has 20 heavy (non-hydrogen) atoms. The van der Waals surface area contributed by atoms with Gasteiger partial charge in [0.1, 0.15) is 5.75 Å². The summed E-state index contributed by atoms with van der Waals surface area (Å²) in [5, 5.41) is 1.13. The Bertz CT molecular complexity index is 489. The van der Waals surface area contributed by atoms with Gasteiger partial charge in [-0.2, -0.15) is 0 Å². The molecule has 0 saturated carbocycles. The summed E-state index contributed by atoms with van der Waals surface area (Å²) in [5.41, 5.74) is 0.374. The van der Waals surface area contributed by atoms with Gasteiger partial charge in [-0.3, -0.25) is 4.90 Å². The molecule has 0 aliphatic carbocycles. The van der Waals surface area contributed by atoms with Crippen LogP contribution in [0.5, 0.6) is 5.75 Å². The minimum atomic E-state index is 0.374. The van der Waals surface area contributed by atoms with E-state index < -0.39 is 0 Å². The highest BCUT2D eigenvalue weighted by atomic mass is 35.5. The van der Waals surface area contributed by atoms with Gasteiger partial charge in [-0.05, 0) is 51.3 Å². The fourth-order valence-electron chi connectivity index (χ4n) is 3.85. The number of halogens is 2. The number of nitrogens with zero attached hydrogens (tertiary/aromatic N) is 1. The smallest absolute Gasteiger partial charge is 0.120 e. The molecule has 1 aromatic carbocycles. The van der Waals surface area contributed by atoms with E-state index in [1.807, 2.05) is 6.07 Å². The van der Waals surface area contributed by atoms with Crippen molar-refractivity contribution >= 4 is 23.2 Å². The zero-order chi connectivity index (χ0) is 14.2. The van der Waals surface area contributed by atoms with Crippen molar-refractivity contribution in [3.63, 3.8) is 0 Å².